The molecular weight excluding hydrogens is 679 g/mol. The van der Waals surface area contributed by atoms with E-state index in [9.17, 15) is 31.9 Å². The van der Waals surface area contributed by atoms with Crippen LogP contribution in [0.1, 0.15) is 106 Å². The minimum absolute atomic E-state index is 0.00984. The van der Waals surface area contributed by atoms with Crippen molar-refractivity contribution in [1.29, 1.82) is 0 Å². The van der Waals surface area contributed by atoms with Crippen LogP contribution in [0.3, 0.4) is 0 Å². The molecule has 0 unspecified atom stereocenters. The molecule has 11 heteroatoms. The first-order valence-electron chi connectivity index (χ1n) is 18.0. The molecule has 0 radical (unpaired) electrons. The van der Waals surface area contributed by atoms with Crippen molar-refractivity contribution in [2.24, 2.45) is 17.8 Å². The Balaban J connectivity index is 1.53. The molecule has 0 fully saturated rings. The lowest BCUT2D eigenvalue weighted by atomic mass is 9.72. The molecule has 0 aliphatic heterocycles. The summed E-state index contributed by atoms with van der Waals surface area (Å²) in [7, 11) is 0. The third-order valence-electron chi connectivity index (χ3n) is 11.0. The Morgan fingerprint density at radius 2 is 1.73 bits per heavy atom. The zero-order chi connectivity index (χ0) is 37.1. The maximum atomic E-state index is 14.9. The van der Waals surface area contributed by atoms with Crippen LogP contribution in [0, 0.1) is 23.6 Å². The number of aryl methyl sites for hydroxylation is 2. The van der Waals surface area contributed by atoms with Crippen molar-refractivity contribution in [3.63, 3.8) is 0 Å². The zero-order valence-electron chi connectivity index (χ0n) is 29.9. The predicted molar refractivity (Wildman–Crippen MR) is 192 cm³/mol. The molecule has 0 spiro atoms. The van der Waals surface area contributed by atoms with Gasteiger partial charge in [0.2, 0.25) is 5.91 Å². The van der Waals surface area contributed by atoms with Crippen LogP contribution in [0.5, 0.6) is 0 Å². The second-order valence-electron chi connectivity index (χ2n) is 14.2. The highest BCUT2D eigenvalue weighted by Gasteiger charge is 2.46. The van der Waals surface area contributed by atoms with Gasteiger partial charge in [0.25, 0.3) is 0 Å². The Bertz CT molecular complexity index is 1880. The standard InChI is InChI=1S/C40H47F4N3O3S/c1-6-23(4)29(19-27(48)18-25-12-9-10-15-33(25)41)37(50)47-39(35(49)20-30(24(5)7-2)38-45-26(8-3)22-51-38)17-16-34-31(21-39)28-13-11-14-32(36(28)46-34)40(42,43)44/h9-15,22-24,29-30,46H,6-8,16-21H2,1-5H3,(H,47,50)/t23-,24-,29-,30-,39+/m0/s1. The molecule has 0 saturated heterocycles. The number of Topliss-reactive ketones (excluding diaryl/α,β-unsaturated/α-hetero) is 2. The van der Waals surface area contributed by atoms with Crippen LogP contribution < -0.4 is 5.32 Å². The summed E-state index contributed by atoms with van der Waals surface area (Å²) in [6.07, 6.45) is -2.21. The van der Waals surface area contributed by atoms with E-state index in [-0.39, 0.29) is 78.9 Å². The number of hydrogen-bond donors (Lipinski definition) is 2. The number of halogens is 4. The monoisotopic (exact) mass is 725 g/mol. The number of aromatic nitrogens is 2. The summed E-state index contributed by atoms with van der Waals surface area (Å²) in [6.45, 7) is 9.94. The fourth-order valence-electron chi connectivity index (χ4n) is 7.33. The fraction of sp³-hybridized carbons (Fsp3) is 0.500. The Morgan fingerprint density at radius 1 is 1.00 bits per heavy atom. The van der Waals surface area contributed by atoms with Gasteiger partial charge in [-0.25, -0.2) is 9.37 Å². The van der Waals surface area contributed by atoms with E-state index in [1.807, 2.05) is 26.2 Å². The number of para-hydroxylation sites is 1. The number of H-pyrrole nitrogens is 1. The molecule has 2 aromatic carbocycles. The van der Waals surface area contributed by atoms with E-state index >= 15 is 0 Å². The van der Waals surface area contributed by atoms with Gasteiger partial charge in [-0.2, -0.15) is 13.2 Å². The fourth-order valence-corrected chi connectivity index (χ4v) is 8.46. The number of carbonyl (C=O) groups excluding carboxylic acids is 3. The molecule has 6 nitrogen and oxygen atoms in total. The number of fused-ring (bicyclic) bond motifs is 3. The maximum Gasteiger partial charge on any atom is 0.418 e. The number of nitrogens with one attached hydrogen (secondary N) is 2. The summed E-state index contributed by atoms with van der Waals surface area (Å²) in [5.41, 5.74) is 0.139. The topological polar surface area (TPSA) is 91.9 Å². The highest BCUT2D eigenvalue weighted by Crippen LogP contribution is 2.42. The molecule has 51 heavy (non-hydrogen) atoms. The summed E-state index contributed by atoms with van der Waals surface area (Å²) in [5, 5.41) is 6.35. The van der Waals surface area contributed by atoms with Gasteiger partial charge in [0.1, 0.15) is 17.1 Å². The third kappa shape index (κ3) is 8.29. The lowest BCUT2D eigenvalue weighted by molar-refractivity contribution is -0.137. The zero-order valence-corrected chi connectivity index (χ0v) is 30.7. The van der Waals surface area contributed by atoms with Gasteiger partial charge in [0.05, 0.1) is 21.8 Å². The number of amides is 1. The van der Waals surface area contributed by atoms with Crippen LogP contribution >= 0.6 is 11.3 Å². The molecule has 1 aliphatic rings. The molecule has 4 aromatic rings. The summed E-state index contributed by atoms with van der Waals surface area (Å²) >= 11 is 1.52. The lowest BCUT2D eigenvalue weighted by Crippen LogP contribution is -2.59. The number of nitrogens with zero attached hydrogens (tertiary/aromatic N) is 1. The molecule has 5 rings (SSSR count). The predicted octanol–water partition coefficient (Wildman–Crippen LogP) is 9.34. The molecular formula is C40H47F4N3O3S. The van der Waals surface area contributed by atoms with Crippen LogP contribution in [0.25, 0.3) is 10.9 Å². The first kappa shape index (κ1) is 38.4. The second-order valence-corrected chi connectivity index (χ2v) is 15.1. The SMILES string of the molecule is CCc1csc([C@@H](CC(=O)[C@@]2(NC(=O)[C@@H](CC(=O)Cc3ccccc3F)[C@@H](C)CC)CCc3[nH]c4c(C(F)(F)F)cccc4c3C2)[C@@H](C)CC)n1. The molecule has 2 heterocycles. The van der Waals surface area contributed by atoms with Crippen molar-refractivity contribution in [3.05, 3.63) is 86.7 Å². The Hall–Kier alpha value is -3.86. The van der Waals surface area contributed by atoms with E-state index in [0.29, 0.717) is 23.1 Å². The van der Waals surface area contributed by atoms with Crippen LogP contribution in [-0.2, 0) is 46.2 Å². The minimum atomic E-state index is -4.58. The smallest absolute Gasteiger partial charge is 0.358 e. The van der Waals surface area contributed by atoms with Crippen LogP contribution in [0.2, 0.25) is 0 Å². The molecule has 1 aliphatic carbocycles. The van der Waals surface area contributed by atoms with Gasteiger partial charge in [0, 0.05) is 54.0 Å². The number of hydrogen-bond acceptors (Lipinski definition) is 5. The molecule has 1 amide bonds. The van der Waals surface area contributed by atoms with Gasteiger partial charge in [0.15, 0.2) is 5.78 Å². The van der Waals surface area contributed by atoms with Gasteiger partial charge in [-0.15, -0.1) is 11.3 Å². The van der Waals surface area contributed by atoms with Crippen molar-refractivity contribution >= 4 is 39.7 Å². The van der Waals surface area contributed by atoms with Crippen molar-refractivity contribution < 1.29 is 31.9 Å². The van der Waals surface area contributed by atoms with Crippen LogP contribution in [0.15, 0.2) is 47.8 Å². The van der Waals surface area contributed by atoms with Gasteiger partial charge in [-0.3, -0.25) is 14.4 Å². The number of rotatable bonds is 15. The Kier molecular flexibility index (Phi) is 11.9. The van der Waals surface area contributed by atoms with Gasteiger partial charge < -0.3 is 10.3 Å². The highest BCUT2D eigenvalue weighted by atomic mass is 32.1. The van der Waals surface area contributed by atoms with E-state index in [1.165, 1.54) is 23.5 Å². The largest absolute Gasteiger partial charge is 0.418 e. The van der Waals surface area contributed by atoms with E-state index in [2.05, 4.69) is 24.1 Å². The summed E-state index contributed by atoms with van der Waals surface area (Å²) in [6, 6.07) is 10.1. The molecule has 2 aromatic heterocycles. The van der Waals surface area contributed by atoms with E-state index < -0.39 is 34.9 Å². The first-order chi connectivity index (χ1) is 24.2. The normalized spacial score (nSPS) is 18.5. The van der Waals surface area contributed by atoms with Crippen molar-refractivity contribution in [2.45, 2.75) is 110 Å². The number of benzene rings is 2. The summed E-state index contributed by atoms with van der Waals surface area (Å²) in [5.74, 6) is -2.60. The Labute approximate surface area is 300 Å². The average molecular weight is 726 g/mol. The van der Waals surface area contributed by atoms with Crippen molar-refractivity contribution in [2.75, 3.05) is 0 Å². The molecule has 5 atom stereocenters. The number of carbonyl (C=O) groups is 3. The summed E-state index contributed by atoms with van der Waals surface area (Å²) in [4.78, 5) is 50.4. The minimum Gasteiger partial charge on any atom is -0.358 e. The Morgan fingerprint density at radius 3 is 2.37 bits per heavy atom. The number of alkyl halides is 3. The second kappa shape index (κ2) is 15.8. The van der Waals surface area contributed by atoms with E-state index in [4.69, 9.17) is 4.98 Å². The number of ketones is 2. The molecule has 2 N–H and O–H groups in total. The van der Waals surface area contributed by atoms with Crippen molar-refractivity contribution in [1.82, 2.24) is 15.3 Å². The quantitative estimate of drug-likeness (QED) is 0.120. The summed E-state index contributed by atoms with van der Waals surface area (Å²) < 4.78 is 56.6. The number of aromatic amines is 1. The van der Waals surface area contributed by atoms with Crippen molar-refractivity contribution in [3.8, 4) is 0 Å². The highest BCUT2D eigenvalue weighted by molar-refractivity contribution is 7.09. The van der Waals surface area contributed by atoms with Gasteiger partial charge in [-0.05, 0) is 54.4 Å². The molecule has 0 bridgehead atoms. The lowest BCUT2D eigenvalue weighted by Gasteiger charge is -2.39. The number of thiazole rings is 1. The van der Waals surface area contributed by atoms with E-state index in [0.717, 1.165) is 29.6 Å². The maximum absolute atomic E-state index is 14.9. The molecule has 274 valence electrons. The molecule has 0 saturated carbocycles. The van der Waals surface area contributed by atoms with Gasteiger partial charge in [-0.1, -0.05) is 77.8 Å². The third-order valence-corrected chi connectivity index (χ3v) is 12.0. The van der Waals surface area contributed by atoms with Gasteiger partial charge >= 0.3 is 6.18 Å². The van der Waals surface area contributed by atoms with Crippen LogP contribution in [-0.4, -0.2) is 33.0 Å². The first-order valence-corrected chi connectivity index (χ1v) is 18.8. The van der Waals surface area contributed by atoms with Crippen LogP contribution in [0.4, 0.5) is 17.6 Å². The average Bonchev–Trinajstić information content (AvgIpc) is 3.73. The van der Waals surface area contributed by atoms with E-state index in [1.54, 1.807) is 24.3 Å².